The number of hydrogen-bond acceptors (Lipinski definition) is 6. The minimum absolute atomic E-state index is 0.223. The number of halogens is 1. The van der Waals surface area contributed by atoms with E-state index in [0.29, 0.717) is 27.7 Å². The summed E-state index contributed by atoms with van der Waals surface area (Å²) in [6.07, 6.45) is 0. The number of hydrogen-bond donors (Lipinski definition) is 1. The van der Waals surface area contributed by atoms with Crippen LogP contribution in [0.4, 0.5) is 5.82 Å². The molecular weight excluding hydrogens is 418 g/mol. The van der Waals surface area contributed by atoms with Crippen molar-refractivity contribution in [3.8, 4) is 5.75 Å². The Labute approximate surface area is 184 Å². The summed E-state index contributed by atoms with van der Waals surface area (Å²) in [5, 5.41) is 7.82. The van der Waals surface area contributed by atoms with Crippen molar-refractivity contribution in [2.75, 3.05) is 20.0 Å². The monoisotopic (exact) mass is 439 g/mol. The SMILES string of the molecule is COc1cc(CN(OC)C(=O)c2ccc3nc(N)c4c(C)nn(C)c4c3c2)ccc1Cl. The number of nitrogens with two attached hydrogens (primary N) is 1. The van der Waals surface area contributed by atoms with Gasteiger partial charge in [0.05, 0.1) is 47.9 Å². The number of hydroxylamine groups is 2. The molecule has 4 aromatic rings. The average molecular weight is 440 g/mol. The van der Waals surface area contributed by atoms with Crippen LogP contribution in [0.1, 0.15) is 21.6 Å². The van der Waals surface area contributed by atoms with Gasteiger partial charge in [0.15, 0.2) is 0 Å². The van der Waals surface area contributed by atoms with Crippen molar-refractivity contribution >= 4 is 45.1 Å². The highest BCUT2D eigenvalue weighted by atomic mass is 35.5. The zero-order valence-corrected chi connectivity index (χ0v) is 18.4. The van der Waals surface area contributed by atoms with Crippen molar-refractivity contribution in [3.05, 3.63) is 58.2 Å². The summed E-state index contributed by atoms with van der Waals surface area (Å²) >= 11 is 6.10. The molecule has 2 heterocycles. The van der Waals surface area contributed by atoms with Gasteiger partial charge in [-0.3, -0.25) is 14.3 Å². The van der Waals surface area contributed by atoms with Gasteiger partial charge in [0, 0.05) is 18.0 Å². The van der Waals surface area contributed by atoms with E-state index in [1.54, 1.807) is 42.1 Å². The van der Waals surface area contributed by atoms with Crippen molar-refractivity contribution in [2.24, 2.45) is 7.05 Å². The number of ether oxygens (including phenoxy) is 1. The van der Waals surface area contributed by atoms with Gasteiger partial charge in [-0.2, -0.15) is 5.10 Å². The molecule has 2 aromatic heterocycles. The number of fused-ring (bicyclic) bond motifs is 3. The molecule has 8 nitrogen and oxygen atoms in total. The van der Waals surface area contributed by atoms with Crippen LogP contribution < -0.4 is 10.5 Å². The molecule has 0 aliphatic heterocycles. The maximum absolute atomic E-state index is 13.2. The van der Waals surface area contributed by atoms with Crippen LogP contribution in [0, 0.1) is 6.92 Å². The highest BCUT2D eigenvalue weighted by molar-refractivity contribution is 6.32. The van der Waals surface area contributed by atoms with Gasteiger partial charge in [0.25, 0.3) is 5.91 Å². The Morgan fingerprint density at radius 2 is 2.00 bits per heavy atom. The Morgan fingerprint density at radius 1 is 1.23 bits per heavy atom. The summed E-state index contributed by atoms with van der Waals surface area (Å²) in [5.41, 5.74) is 9.73. The Kier molecular flexibility index (Phi) is 5.43. The molecule has 160 valence electrons. The van der Waals surface area contributed by atoms with Gasteiger partial charge in [-0.15, -0.1) is 0 Å². The second-order valence-corrected chi connectivity index (χ2v) is 7.56. The van der Waals surface area contributed by atoms with E-state index in [4.69, 9.17) is 26.9 Å². The fourth-order valence-corrected chi connectivity index (χ4v) is 3.94. The van der Waals surface area contributed by atoms with Crippen molar-refractivity contribution in [1.29, 1.82) is 0 Å². The van der Waals surface area contributed by atoms with Gasteiger partial charge >= 0.3 is 0 Å². The minimum Gasteiger partial charge on any atom is -0.495 e. The van der Waals surface area contributed by atoms with Crippen molar-refractivity contribution in [3.63, 3.8) is 0 Å². The molecule has 0 saturated carbocycles. The number of aryl methyl sites for hydroxylation is 2. The molecular formula is C22H22ClN5O3. The van der Waals surface area contributed by atoms with E-state index in [2.05, 4.69) is 10.1 Å². The molecule has 0 fully saturated rings. The van der Waals surface area contributed by atoms with Crippen LogP contribution in [-0.4, -0.2) is 40.0 Å². The highest BCUT2D eigenvalue weighted by Crippen LogP contribution is 2.31. The second-order valence-electron chi connectivity index (χ2n) is 7.15. The molecule has 0 bridgehead atoms. The van der Waals surface area contributed by atoms with Crippen LogP contribution in [-0.2, 0) is 18.4 Å². The summed E-state index contributed by atoms with van der Waals surface area (Å²) in [6, 6.07) is 10.6. The lowest BCUT2D eigenvalue weighted by Gasteiger charge is -2.20. The molecule has 9 heteroatoms. The number of benzene rings is 2. The highest BCUT2D eigenvalue weighted by Gasteiger charge is 2.20. The van der Waals surface area contributed by atoms with E-state index in [-0.39, 0.29) is 12.5 Å². The van der Waals surface area contributed by atoms with Gasteiger partial charge in [-0.1, -0.05) is 17.7 Å². The number of methoxy groups -OCH3 is 1. The summed E-state index contributed by atoms with van der Waals surface area (Å²) in [6.45, 7) is 2.11. The molecule has 0 saturated heterocycles. The molecule has 0 aliphatic carbocycles. The first kappa shape index (κ1) is 20.9. The Hall–Kier alpha value is -3.36. The summed E-state index contributed by atoms with van der Waals surface area (Å²) in [7, 11) is 4.84. The molecule has 0 aliphatic rings. The van der Waals surface area contributed by atoms with Crippen LogP contribution in [0.3, 0.4) is 0 Å². The summed E-state index contributed by atoms with van der Waals surface area (Å²) in [4.78, 5) is 23.1. The smallest absolute Gasteiger partial charge is 0.277 e. The van der Waals surface area contributed by atoms with E-state index < -0.39 is 0 Å². The molecule has 2 aromatic carbocycles. The number of aromatic nitrogens is 3. The first-order valence-electron chi connectivity index (χ1n) is 9.55. The fraction of sp³-hybridized carbons (Fsp3) is 0.227. The lowest BCUT2D eigenvalue weighted by Crippen LogP contribution is -2.29. The van der Waals surface area contributed by atoms with E-state index in [0.717, 1.165) is 27.5 Å². The van der Waals surface area contributed by atoms with Gasteiger partial charge in [0.2, 0.25) is 0 Å². The number of carbonyl (C=O) groups is 1. The maximum Gasteiger partial charge on any atom is 0.277 e. The predicted octanol–water partition coefficient (Wildman–Crippen LogP) is 3.88. The van der Waals surface area contributed by atoms with E-state index in [1.165, 1.54) is 12.2 Å². The molecule has 31 heavy (non-hydrogen) atoms. The Balaban J connectivity index is 1.74. The number of nitrogen functional groups attached to an aromatic ring is 1. The molecule has 0 spiro atoms. The zero-order valence-electron chi connectivity index (χ0n) is 17.6. The van der Waals surface area contributed by atoms with E-state index >= 15 is 0 Å². The predicted molar refractivity (Wildman–Crippen MR) is 120 cm³/mol. The third-order valence-electron chi connectivity index (χ3n) is 5.21. The van der Waals surface area contributed by atoms with E-state index in [9.17, 15) is 4.79 Å². The first-order valence-corrected chi connectivity index (χ1v) is 9.92. The topological polar surface area (TPSA) is 95.5 Å². The van der Waals surface area contributed by atoms with Gasteiger partial charge < -0.3 is 10.5 Å². The number of nitrogens with zero attached hydrogens (tertiary/aromatic N) is 4. The van der Waals surface area contributed by atoms with Crippen LogP contribution >= 0.6 is 11.6 Å². The van der Waals surface area contributed by atoms with Crippen molar-refractivity contribution in [2.45, 2.75) is 13.5 Å². The van der Waals surface area contributed by atoms with Gasteiger partial charge in [-0.25, -0.2) is 10.0 Å². The molecule has 1 amide bonds. The molecule has 0 unspecified atom stereocenters. The summed E-state index contributed by atoms with van der Waals surface area (Å²) < 4.78 is 7.01. The van der Waals surface area contributed by atoms with Crippen LogP contribution in [0.15, 0.2) is 36.4 Å². The van der Waals surface area contributed by atoms with Crippen LogP contribution in [0.25, 0.3) is 21.8 Å². The number of anilines is 1. The number of carbonyl (C=O) groups excluding carboxylic acids is 1. The molecule has 0 atom stereocenters. The van der Waals surface area contributed by atoms with Gasteiger partial charge in [-0.05, 0) is 42.8 Å². The quantitative estimate of drug-likeness (QED) is 0.474. The van der Waals surface area contributed by atoms with Crippen molar-refractivity contribution < 1.29 is 14.4 Å². The van der Waals surface area contributed by atoms with E-state index in [1.807, 2.05) is 20.0 Å². The first-order chi connectivity index (χ1) is 14.8. The second kappa shape index (κ2) is 8.05. The largest absolute Gasteiger partial charge is 0.495 e. The third kappa shape index (κ3) is 3.64. The maximum atomic E-state index is 13.2. The van der Waals surface area contributed by atoms with Crippen molar-refractivity contribution in [1.82, 2.24) is 19.8 Å². The number of pyridine rings is 1. The minimum atomic E-state index is -0.290. The average Bonchev–Trinajstić information content (AvgIpc) is 3.07. The standard InChI is InChI=1S/C22H22ClN5O3/c1-12-19-20(27(2)26-12)15-10-14(6-8-17(15)25-21(19)24)22(29)28(31-4)11-13-5-7-16(23)18(9-13)30-3/h5-10H,11H2,1-4H3,(H2,24,25). The van der Waals surface area contributed by atoms with Crippen LogP contribution in [0.5, 0.6) is 5.75 Å². The zero-order chi connectivity index (χ0) is 22.3. The Morgan fingerprint density at radius 3 is 2.71 bits per heavy atom. The third-order valence-corrected chi connectivity index (χ3v) is 5.52. The fourth-order valence-electron chi connectivity index (χ4n) is 3.75. The lowest BCUT2D eigenvalue weighted by atomic mass is 10.1. The number of rotatable bonds is 5. The van der Waals surface area contributed by atoms with Gasteiger partial charge in [0.1, 0.15) is 11.6 Å². The molecule has 2 N–H and O–H groups in total. The lowest BCUT2D eigenvalue weighted by molar-refractivity contribution is -0.102. The van der Waals surface area contributed by atoms with Crippen LogP contribution in [0.2, 0.25) is 5.02 Å². The molecule has 4 rings (SSSR count). The Bertz CT molecular complexity index is 1320. The number of amides is 1. The normalized spacial score (nSPS) is 11.3. The molecule has 0 radical (unpaired) electrons. The summed E-state index contributed by atoms with van der Waals surface area (Å²) in [5.74, 6) is 0.663.